The number of carbonyl (C=O) groups excluding carboxylic acids is 1. The van der Waals surface area contributed by atoms with Crippen LogP contribution in [0.15, 0.2) is 36.5 Å². The summed E-state index contributed by atoms with van der Waals surface area (Å²) in [6.45, 7) is 4.43. The molecule has 0 saturated heterocycles. The Morgan fingerprint density at radius 2 is 0.955 bits per heavy atom. The number of ether oxygens (including phenoxy) is 1. The Morgan fingerprint density at radius 1 is 0.523 bits per heavy atom. The number of carbonyl (C=O) groups is 2. The van der Waals surface area contributed by atoms with E-state index in [4.69, 9.17) is 9.84 Å². The van der Waals surface area contributed by atoms with E-state index < -0.39 is 5.97 Å². The Kier molecular flexibility index (Phi) is 34.1. The number of unbranched alkanes of at least 4 members (excludes halogenated alkanes) is 19. The van der Waals surface area contributed by atoms with Gasteiger partial charge in [-0.2, -0.15) is 0 Å². The van der Waals surface area contributed by atoms with Gasteiger partial charge in [0.2, 0.25) is 0 Å². The Balaban J connectivity index is 3.94. The molecule has 4 heteroatoms. The van der Waals surface area contributed by atoms with Gasteiger partial charge in [-0.25, -0.2) is 0 Å². The summed E-state index contributed by atoms with van der Waals surface area (Å²) in [6.07, 6.45) is 45.8. The summed E-state index contributed by atoms with van der Waals surface area (Å²) in [7, 11) is 0. The van der Waals surface area contributed by atoms with E-state index in [1.807, 2.05) is 0 Å². The first kappa shape index (κ1) is 42.2. The summed E-state index contributed by atoms with van der Waals surface area (Å²) < 4.78 is 5.93. The Morgan fingerprint density at radius 3 is 1.50 bits per heavy atom. The van der Waals surface area contributed by atoms with Crippen LogP contribution in [0.2, 0.25) is 0 Å². The molecule has 0 spiro atoms. The zero-order valence-electron chi connectivity index (χ0n) is 29.2. The molecule has 0 heterocycles. The molecule has 0 amide bonds. The second-order valence-corrected chi connectivity index (χ2v) is 12.7. The van der Waals surface area contributed by atoms with Crippen LogP contribution in [0.5, 0.6) is 0 Å². The highest BCUT2D eigenvalue weighted by Crippen LogP contribution is 2.18. The molecule has 4 nitrogen and oxygen atoms in total. The second kappa shape index (κ2) is 35.6. The van der Waals surface area contributed by atoms with Gasteiger partial charge in [-0.05, 0) is 70.6 Å². The number of hydrogen-bond donors (Lipinski definition) is 1. The lowest BCUT2D eigenvalue weighted by atomic mass is 10.0. The molecule has 0 bridgehead atoms. The van der Waals surface area contributed by atoms with Gasteiger partial charge in [0.05, 0.1) is 0 Å². The van der Waals surface area contributed by atoms with Gasteiger partial charge < -0.3 is 9.84 Å². The summed E-state index contributed by atoms with van der Waals surface area (Å²) in [5.41, 5.74) is 0. The van der Waals surface area contributed by atoms with Crippen molar-refractivity contribution in [3.8, 4) is 0 Å². The molecule has 1 unspecified atom stereocenters. The minimum Gasteiger partial charge on any atom is -0.481 e. The number of aliphatic carboxylic acids is 1. The van der Waals surface area contributed by atoms with Crippen molar-refractivity contribution in [3.05, 3.63) is 36.5 Å². The minimum atomic E-state index is -0.726. The van der Waals surface area contributed by atoms with Crippen LogP contribution in [-0.4, -0.2) is 23.1 Å². The molecule has 0 aliphatic heterocycles. The third-order valence-corrected chi connectivity index (χ3v) is 8.38. The van der Waals surface area contributed by atoms with Crippen LogP contribution in [-0.2, 0) is 14.3 Å². The fraction of sp³-hybridized carbons (Fsp3) is 0.800. The largest absolute Gasteiger partial charge is 0.481 e. The lowest BCUT2D eigenvalue weighted by Crippen LogP contribution is -2.18. The smallest absolute Gasteiger partial charge is 0.306 e. The number of esters is 1. The fourth-order valence-corrected chi connectivity index (χ4v) is 5.61. The number of rotatable bonds is 34. The molecule has 0 aliphatic rings. The lowest BCUT2D eigenvalue weighted by Gasteiger charge is -2.18. The maximum Gasteiger partial charge on any atom is 0.306 e. The molecular weight excluding hydrogens is 544 g/mol. The van der Waals surface area contributed by atoms with Crippen molar-refractivity contribution in [2.24, 2.45) is 0 Å². The maximum atomic E-state index is 12.6. The molecular formula is C40H72O4. The van der Waals surface area contributed by atoms with Gasteiger partial charge in [0.15, 0.2) is 0 Å². The van der Waals surface area contributed by atoms with E-state index in [2.05, 4.69) is 50.3 Å². The Bertz CT molecular complexity index is 708. The second-order valence-electron chi connectivity index (χ2n) is 12.7. The zero-order valence-corrected chi connectivity index (χ0v) is 29.2. The summed E-state index contributed by atoms with van der Waals surface area (Å²) in [5, 5.41) is 8.88. The summed E-state index contributed by atoms with van der Waals surface area (Å²) in [5.74, 6) is -0.765. The molecule has 44 heavy (non-hydrogen) atoms. The molecule has 0 radical (unpaired) electrons. The van der Waals surface area contributed by atoms with Crippen molar-refractivity contribution < 1.29 is 19.4 Å². The molecule has 0 saturated carbocycles. The van der Waals surface area contributed by atoms with Crippen LogP contribution in [0.4, 0.5) is 0 Å². The van der Waals surface area contributed by atoms with Gasteiger partial charge in [0.1, 0.15) is 6.10 Å². The monoisotopic (exact) mass is 617 g/mol. The third-order valence-electron chi connectivity index (χ3n) is 8.38. The van der Waals surface area contributed by atoms with Gasteiger partial charge in [0, 0.05) is 12.8 Å². The van der Waals surface area contributed by atoms with E-state index in [0.717, 1.165) is 64.2 Å². The van der Waals surface area contributed by atoms with E-state index in [9.17, 15) is 9.59 Å². The number of carboxylic acids is 1. The van der Waals surface area contributed by atoms with Crippen molar-refractivity contribution >= 4 is 11.9 Å². The normalized spacial score (nSPS) is 12.6. The van der Waals surface area contributed by atoms with Crippen LogP contribution >= 0.6 is 0 Å². The highest BCUT2D eigenvalue weighted by molar-refractivity contribution is 5.69. The van der Waals surface area contributed by atoms with Gasteiger partial charge in [-0.3, -0.25) is 9.59 Å². The minimum absolute atomic E-state index is 0.00101. The summed E-state index contributed by atoms with van der Waals surface area (Å²) in [6, 6.07) is 0. The number of allylic oxidation sites excluding steroid dienone is 6. The average molecular weight is 617 g/mol. The lowest BCUT2D eigenvalue weighted by molar-refractivity contribution is -0.150. The number of carboxylic acid groups (broad SMARTS) is 1. The van der Waals surface area contributed by atoms with Crippen LogP contribution in [0.25, 0.3) is 0 Å². The van der Waals surface area contributed by atoms with Crippen molar-refractivity contribution in [1.82, 2.24) is 0 Å². The van der Waals surface area contributed by atoms with Crippen LogP contribution in [0, 0.1) is 0 Å². The first-order valence-corrected chi connectivity index (χ1v) is 19.0. The molecule has 0 aromatic rings. The Labute approximate surface area is 273 Å². The Hall–Kier alpha value is -1.84. The number of hydrogen-bond acceptors (Lipinski definition) is 3. The molecule has 0 rings (SSSR count). The molecule has 0 fully saturated rings. The molecule has 1 N–H and O–H groups in total. The molecule has 1 atom stereocenters. The quantitative estimate of drug-likeness (QED) is 0.0444. The third kappa shape index (κ3) is 34.6. The van der Waals surface area contributed by atoms with Crippen molar-refractivity contribution in [3.63, 3.8) is 0 Å². The first-order valence-electron chi connectivity index (χ1n) is 19.0. The fourth-order valence-electron chi connectivity index (χ4n) is 5.61. The van der Waals surface area contributed by atoms with Crippen molar-refractivity contribution in [1.29, 1.82) is 0 Å². The summed E-state index contributed by atoms with van der Waals surface area (Å²) in [4.78, 5) is 23.4. The predicted molar refractivity (Wildman–Crippen MR) is 190 cm³/mol. The van der Waals surface area contributed by atoms with E-state index in [1.165, 1.54) is 103 Å². The predicted octanol–water partition coefficient (Wildman–Crippen LogP) is 13.0. The molecule has 256 valence electrons. The molecule has 0 aromatic carbocycles. The topological polar surface area (TPSA) is 63.6 Å². The van der Waals surface area contributed by atoms with Gasteiger partial charge in [-0.15, -0.1) is 0 Å². The van der Waals surface area contributed by atoms with Crippen molar-refractivity contribution in [2.75, 3.05) is 0 Å². The van der Waals surface area contributed by atoms with E-state index >= 15 is 0 Å². The van der Waals surface area contributed by atoms with Crippen molar-refractivity contribution in [2.45, 2.75) is 206 Å². The standard InChI is InChI=1S/C40H72O4/c1-3-5-7-9-11-13-15-16-17-18-19-20-22-24-26-28-33-37-40(43)44-38(35-31-29-32-36-39(41)42)34-30-27-25-23-21-14-12-10-8-6-4-2/h5,7,11,13,16-17,38H,3-4,6,8-10,12,14-15,18-37H2,1-2H3,(H,41,42)/b7-5-,13-11-,17-16-. The van der Waals surface area contributed by atoms with Gasteiger partial charge >= 0.3 is 11.9 Å². The SMILES string of the molecule is CC/C=C\C/C=C\C/C=C\CCCCCCCCCC(=O)OC(CCCCCCCCCCCCC)CCCCCC(=O)O. The van der Waals surface area contributed by atoms with E-state index in [0.29, 0.717) is 12.8 Å². The van der Waals surface area contributed by atoms with E-state index in [1.54, 1.807) is 0 Å². The van der Waals surface area contributed by atoms with Gasteiger partial charge in [0.25, 0.3) is 0 Å². The highest BCUT2D eigenvalue weighted by atomic mass is 16.5. The first-order chi connectivity index (χ1) is 21.6. The van der Waals surface area contributed by atoms with E-state index in [-0.39, 0.29) is 18.5 Å². The van der Waals surface area contributed by atoms with Crippen LogP contribution in [0.3, 0.4) is 0 Å². The molecule has 0 aromatic heterocycles. The summed E-state index contributed by atoms with van der Waals surface area (Å²) >= 11 is 0. The van der Waals surface area contributed by atoms with Crippen LogP contribution in [0.1, 0.15) is 200 Å². The molecule has 0 aliphatic carbocycles. The van der Waals surface area contributed by atoms with Gasteiger partial charge in [-0.1, -0.05) is 153 Å². The van der Waals surface area contributed by atoms with Crippen LogP contribution < -0.4 is 0 Å². The maximum absolute atomic E-state index is 12.6. The highest BCUT2D eigenvalue weighted by Gasteiger charge is 2.14. The zero-order chi connectivity index (χ0) is 32.2. The average Bonchev–Trinajstić information content (AvgIpc) is 3.00.